The number of hydrogen-bond donors (Lipinski definition) is 0. The molecule has 1 aliphatic rings. The number of nitro benzene ring substituents is 1. The first kappa shape index (κ1) is 13.9. The molecule has 0 saturated carbocycles. The summed E-state index contributed by atoms with van der Waals surface area (Å²) in [7, 11) is 0. The van der Waals surface area contributed by atoms with Gasteiger partial charge in [-0.25, -0.2) is 4.39 Å². The maximum Gasteiger partial charge on any atom is 0.285 e. The second kappa shape index (κ2) is 5.64. The first-order valence-corrected chi connectivity index (χ1v) is 6.97. The van der Waals surface area contributed by atoms with E-state index in [9.17, 15) is 19.3 Å². The maximum atomic E-state index is 13.1. The van der Waals surface area contributed by atoms with Gasteiger partial charge >= 0.3 is 0 Å². The Morgan fingerprint density at radius 3 is 2.95 bits per heavy atom. The van der Waals surface area contributed by atoms with Crippen LogP contribution in [0.15, 0.2) is 18.2 Å². The standard InChI is InChI=1S/C12H12BrFN2O3/c13-7-9-2-1-5-15(9)12(17)10-4-3-8(14)6-11(10)16(18)19/h3-4,6,9H,1-2,5,7H2. The molecule has 0 aliphatic carbocycles. The van der Waals surface area contributed by atoms with E-state index in [0.717, 1.165) is 25.0 Å². The number of nitro groups is 1. The van der Waals surface area contributed by atoms with Gasteiger partial charge in [0.25, 0.3) is 11.6 Å². The Morgan fingerprint density at radius 1 is 1.58 bits per heavy atom. The molecule has 1 atom stereocenters. The molecule has 102 valence electrons. The second-order valence-electron chi connectivity index (χ2n) is 4.37. The minimum absolute atomic E-state index is 0.0390. The van der Waals surface area contributed by atoms with E-state index >= 15 is 0 Å². The van der Waals surface area contributed by atoms with Gasteiger partial charge < -0.3 is 4.90 Å². The molecule has 19 heavy (non-hydrogen) atoms. The molecule has 0 aromatic heterocycles. The van der Waals surface area contributed by atoms with E-state index < -0.39 is 22.3 Å². The van der Waals surface area contributed by atoms with Crippen LogP contribution in [0, 0.1) is 15.9 Å². The van der Waals surface area contributed by atoms with Crippen molar-refractivity contribution in [3.63, 3.8) is 0 Å². The summed E-state index contributed by atoms with van der Waals surface area (Å²) >= 11 is 3.33. The van der Waals surface area contributed by atoms with E-state index in [2.05, 4.69) is 15.9 Å². The Kier molecular flexibility index (Phi) is 4.14. The van der Waals surface area contributed by atoms with Crippen molar-refractivity contribution in [2.75, 3.05) is 11.9 Å². The molecule has 1 amide bonds. The van der Waals surface area contributed by atoms with Gasteiger partial charge in [-0.2, -0.15) is 0 Å². The van der Waals surface area contributed by atoms with Crippen LogP contribution in [-0.2, 0) is 0 Å². The predicted molar refractivity (Wildman–Crippen MR) is 70.9 cm³/mol. The van der Waals surface area contributed by atoms with Crippen molar-refractivity contribution in [3.8, 4) is 0 Å². The summed E-state index contributed by atoms with van der Waals surface area (Å²) in [4.78, 5) is 24.1. The minimum atomic E-state index is -0.727. The zero-order valence-electron chi connectivity index (χ0n) is 10.0. The number of hydrogen-bond acceptors (Lipinski definition) is 3. The van der Waals surface area contributed by atoms with Crippen LogP contribution in [0.4, 0.5) is 10.1 Å². The van der Waals surface area contributed by atoms with Gasteiger partial charge in [-0.3, -0.25) is 14.9 Å². The molecule has 0 spiro atoms. The number of nitrogens with zero attached hydrogens (tertiary/aromatic N) is 2. The number of amides is 1. The fourth-order valence-corrected chi connectivity index (χ4v) is 2.93. The number of rotatable bonds is 3. The molecule has 1 aromatic rings. The summed E-state index contributed by atoms with van der Waals surface area (Å²) < 4.78 is 13.1. The van der Waals surface area contributed by atoms with Crippen molar-refractivity contribution in [1.82, 2.24) is 4.90 Å². The molecule has 7 heteroatoms. The number of carbonyl (C=O) groups excluding carboxylic acids is 1. The lowest BCUT2D eigenvalue weighted by atomic mass is 10.1. The molecule has 1 saturated heterocycles. The van der Waals surface area contributed by atoms with E-state index in [1.54, 1.807) is 4.90 Å². The van der Waals surface area contributed by atoms with Gasteiger partial charge in [0.2, 0.25) is 0 Å². The Morgan fingerprint density at radius 2 is 2.32 bits per heavy atom. The van der Waals surface area contributed by atoms with Crippen LogP contribution < -0.4 is 0 Å². The molecule has 1 unspecified atom stereocenters. The molecule has 1 aromatic carbocycles. The van der Waals surface area contributed by atoms with E-state index in [1.807, 2.05) is 0 Å². The topological polar surface area (TPSA) is 63.4 Å². The van der Waals surface area contributed by atoms with E-state index in [1.165, 1.54) is 6.07 Å². The quantitative estimate of drug-likeness (QED) is 0.486. The van der Waals surface area contributed by atoms with Crippen LogP contribution in [0.1, 0.15) is 23.2 Å². The molecule has 2 rings (SSSR count). The largest absolute Gasteiger partial charge is 0.335 e. The predicted octanol–water partition coefficient (Wildman–Crippen LogP) is 2.73. The lowest BCUT2D eigenvalue weighted by Gasteiger charge is -2.22. The van der Waals surface area contributed by atoms with Crippen molar-refractivity contribution in [3.05, 3.63) is 39.7 Å². The van der Waals surface area contributed by atoms with Crippen molar-refractivity contribution in [1.29, 1.82) is 0 Å². The Hall–Kier alpha value is -1.50. The maximum absolute atomic E-state index is 13.1. The van der Waals surface area contributed by atoms with Gasteiger partial charge in [0.1, 0.15) is 11.4 Å². The first-order chi connectivity index (χ1) is 9.04. The van der Waals surface area contributed by atoms with Crippen LogP contribution in [0.25, 0.3) is 0 Å². The number of halogens is 2. The van der Waals surface area contributed by atoms with Crippen LogP contribution in [0.3, 0.4) is 0 Å². The lowest BCUT2D eigenvalue weighted by Crippen LogP contribution is -2.36. The highest BCUT2D eigenvalue weighted by molar-refractivity contribution is 9.09. The Bertz CT molecular complexity index is 524. The third-order valence-electron chi connectivity index (χ3n) is 3.20. The molecule has 1 aliphatic heterocycles. The van der Waals surface area contributed by atoms with E-state index in [0.29, 0.717) is 11.9 Å². The summed E-state index contributed by atoms with van der Waals surface area (Å²) in [6.07, 6.45) is 1.74. The average molecular weight is 331 g/mol. The molecule has 0 bridgehead atoms. The number of benzene rings is 1. The number of likely N-dealkylation sites (tertiary alicyclic amines) is 1. The lowest BCUT2D eigenvalue weighted by molar-refractivity contribution is -0.385. The molecular weight excluding hydrogens is 319 g/mol. The van der Waals surface area contributed by atoms with Crippen LogP contribution >= 0.6 is 15.9 Å². The monoisotopic (exact) mass is 330 g/mol. The normalized spacial score (nSPS) is 18.6. The van der Waals surface area contributed by atoms with Gasteiger partial charge in [-0.1, -0.05) is 15.9 Å². The van der Waals surface area contributed by atoms with Gasteiger partial charge in [0.15, 0.2) is 0 Å². The Labute approximate surface area is 117 Å². The van der Waals surface area contributed by atoms with Crippen molar-refractivity contribution >= 4 is 27.5 Å². The van der Waals surface area contributed by atoms with Crippen molar-refractivity contribution in [2.45, 2.75) is 18.9 Å². The molecule has 1 fully saturated rings. The van der Waals surface area contributed by atoms with E-state index in [-0.39, 0.29) is 11.6 Å². The third kappa shape index (κ3) is 2.75. The number of carbonyl (C=O) groups is 1. The smallest absolute Gasteiger partial charge is 0.285 e. The summed E-state index contributed by atoms with van der Waals surface area (Å²) in [5, 5.41) is 11.5. The molecule has 0 N–H and O–H groups in total. The first-order valence-electron chi connectivity index (χ1n) is 5.85. The van der Waals surface area contributed by atoms with Crippen molar-refractivity contribution in [2.24, 2.45) is 0 Å². The summed E-state index contributed by atoms with van der Waals surface area (Å²) in [6.45, 7) is 0.573. The second-order valence-corrected chi connectivity index (χ2v) is 5.01. The van der Waals surface area contributed by atoms with Crippen LogP contribution in [0.2, 0.25) is 0 Å². The fraction of sp³-hybridized carbons (Fsp3) is 0.417. The highest BCUT2D eigenvalue weighted by Crippen LogP contribution is 2.26. The van der Waals surface area contributed by atoms with Gasteiger partial charge in [0.05, 0.1) is 11.0 Å². The van der Waals surface area contributed by atoms with Crippen LogP contribution in [0.5, 0.6) is 0 Å². The molecule has 1 heterocycles. The SMILES string of the molecule is O=C(c1ccc(F)cc1[N+](=O)[O-])N1CCCC1CBr. The Balaban J connectivity index is 2.36. The van der Waals surface area contributed by atoms with Gasteiger partial charge in [0, 0.05) is 17.9 Å². The molecule has 5 nitrogen and oxygen atoms in total. The zero-order chi connectivity index (χ0) is 14.0. The summed E-state index contributed by atoms with van der Waals surface area (Å²) in [5.41, 5.74) is -0.538. The summed E-state index contributed by atoms with van der Waals surface area (Å²) in [6, 6.07) is 3.07. The van der Waals surface area contributed by atoms with Crippen LogP contribution in [-0.4, -0.2) is 33.6 Å². The zero-order valence-corrected chi connectivity index (χ0v) is 11.6. The molecule has 0 radical (unpaired) electrons. The van der Waals surface area contributed by atoms with E-state index in [4.69, 9.17) is 0 Å². The van der Waals surface area contributed by atoms with Gasteiger partial charge in [-0.05, 0) is 25.0 Å². The minimum Gasteiger partial charge on any atom is -0.335 e. The van der Waals surface area contributed by atoms with Gasteiger partial charge in [-0.15, -0.1) is 0 Å². The fourth-order valence-electron chi connectivity index (χ4n) is 2.25. The summed E-state index contributed by atoms with van der Waals surface area (Å²) in [5.74, 6) is -1.13. The highest BCUT2D eigenvalue weighted by atomic mass is 79.9. The highest BCUT2D eigenvalue weighted by Gasteiger charge is 2.32. The molecular formula is C12H12BrFN2O3. The third-order valence-corrected chi connectivity index (χ3v) is 3.95. The van der Waals surface area contributed by atoms with Crippen molar-refractivity contribution < 1.29 is 14.1 Å². The number of alkyl halides is 1. The average Bonchev–Trinajstić information content (AvgIpc) is 2.86.